The highest BCUT2D eigenvalue weighted by Crippen LogP contribution is 2.24. The van der Waals surface area contributed by atoms with Crippen molar-refractivity contribution in [2.24, 2.45) is 0 Å². The van der Waals surface area contributed by atoms with Crippen molar-refractivity contribution in [3.8, 4) is 11.3 Å². The number of hydrogen-bond donors (Lipinski definition) is 1. The highest BCUT2D eigenvalue weighted by atomic mass is 32.2. The molecule has 8 heteroatoms. The molecule has 1 amide bonds. The summed E-state index contributed by atoms with van der Waals surface area (Å²) in [5, 5.41) is 2.87. The topological polar surface area (TPSA) is 92.5 Å². The second kappa shape index (κ2) is 10.5. The zero-order valence-corrected chi connectivity index (χ0v) is 20.5. The SMILES string of the molecule is CC(C)c1ccc(-c2cnc(CCC(=O)NCc3ccc(S(=O)(=O)N4CCCC4)cc3)o2)cc1. The molecule has 2 aromatic carbocycles. The minimum Gasteiger partial charge on any atom is -0.441 e. The fourth-order valence-corrected chi connectivity index (χ4v) is 5.47. The van der Waals surface area contributed by atoms with Gasteiger partial charge in [0.25, 0.3) is 0 Å². The first-order valence-electron chi connectivity index (χ1n) is 11.7. The van der Waals surface area contributed by atoms with Crippen molar-refractivity contribution in [3.63, 3.8) is 0 Å². The second-order valence-corrected chi connectivity index (χ2v) is 10.9. The third-order valence-electron chi connectivity index (χ3n) is 6.10. The number of hydrogen-bond acceptors (Lipinski definition) is 5. The summed E-state index contributed by atoms with van der Waals surface area (Å²) in [5.41, 5.74) is 3.07. The Hall–Kier alpha value is -2.97. The van der Waals surface area contributed by atoms with Gasteiger partial charge >= 0.3 is 0 Å². The number of amides is 1. The third kappa shape index (κ3) is 5.74. The van der Waals surface area contributed by atoms with Crippen molar-refractivity contribution in [1.29, 1.82) is 0 Å². The van der Waals surface area contributed by atoms with Gasteiger partial charge in [-0.05, 0) is 42.0 Å². The van der Waals surface area contributed by atoms with E-state index in [4.69, 9.17) is 4.42 Å². The molecule has 0 aliphatic carbocycles. The minimum atomic E-state index is -3.42. The van der Waals surface area contributed by atoms with E-state index in [1.807, 2.05) is 12.1 Å². The summed E-state index contributed by atoms with van der Waals surface area (Å²) in [7, 11) is -3.42. The number of aromatic nitrogens is 1. The maximum absolute atomic E-state index is 12.6. The number of oxazole rings is 1. The van der Waals surface area contributed by atoms with E-state index in [1.54, 1.807) is 30.5 Å². The molecule has 3 aromatic rings. The van der Waals surface area contributed by atoms with Crippen molar-refractivity contribution in [1.82, 2.24) is 14.6 Å². The van der Waals surface area contributed by atoms with Crippen LogP contribution >= 0.6 is 0 Å². The molecule has 1 fully saturated rings. The van der Waals surface area contributed by atoms with Crippen molar-refractivity contribution in [2.75, 3.05) is 13.1 Å². The van der Waals surface area contributed by atoms with E-state index in [-0.39, 0.29) is 12.3 Å². The summed E-state index contributed by atoms with van der Waals surface area (Å²) in [6, 6.07) is 14.9. The van der Waals surface area contributed by atoms with Crippen molar-refractivity contribution >= 4 is 15.9 Å². The number of carbonyl (C=O) groups is 1. The van der Waals surface area contributed by atoms with Gasteiger partial charge in [-0.3, -0.25) is 4.79 Å². The van der Waals surface area contributed by atoms with Crippen LogP contribution in [0.25, 0.3) is 11.3 Å². The van der Waals surface area contributed by atoms with Gasteiger partial charge in [-0.15, -0.1) is 0 Å². The molecule has 180 valence electrons. The molecular formula is C26H31N3O4S. The summed E-state index contributed by atoms with van der Waals surface area (Å²) in [4.78, 5) is 16.9. The molecule has 1 saturated heterocycles. The van der Waals surface area contributed by atoms with Crippen LogP contribution in [-0.2, 0) is 27.8 Å². The molecule has 1 aromatic heterocycles. The van der Waals surface area contributed by atoms with E-state index in [0.717, 1.165) is 24.0 Å². The quantitative estimate of drug-likeness (QED) is 0.486. The second-order valence-electron chi connectivity index (χ2n) is 8.93. The van der Waals surface area contributed by atoms with E-state index in [0.29, 0.717) is 48.5 Å². The monoisotopic (exact) mass is 481 g/mol. The normalized spacial score (nSPS) is 14.6. The number of nitrogens with one attached hydrogen (secondary N) is 1. The van der Waals surface area contributed by atoms with Crippen LogP contribution in [0.4, 0.5) is 0 Å². The maximum atomic E-state index is 12.6. The molecule has 0 saturated carbocycles. The molecule has 0 bridgehead atoms. The van der Waals surface area contributed by atoms with Crippen LogP contribution in [0, 0.1) is 0 Å². The molecule has 1 aliphatic heterocycles. The molecule has 0 radical (unpaired) electrons. The summed E-state index contributed by atoms with van der Waals surface area (Å²) in [5.74, 6) is 1.57. The van der Waals surface area contributed by atoms with E-state index >= 15 is 0 Å². The van der Waals surface area contributed by atoms with Crippen LogP contribution in [0.3, 0.4) is 0 Å². The van der Waals surface area contributed by atoms with Crippen LogP contribution in [0.1, 0.15) is 56.0 Å². The van der Waals surface area contributed by atoms with Gasteiger partial charge in [0.05, 0.1) is 11.1 Å². The van der Waals surface area contributed by atoms with Crippen LogP contribution in [0.5, 0.6) is 0 Å². The first kappa shape index (κ1) is 24.2. The highest BCUT2D eigenvalue weighted by Gasteiger charge is 2.26. The Balaban J connectivity index is 1.25. The lowest BCUT2D eigenvalue weighted by Crippen LogP contribution is -2.28. The molecule has 0 spiro atoms. The number of benzene rings is 2. The maximum Gasteiger partial charge on any atom is 0.243 e. The van der Waals surface area contributed by atoms with Gasteiger partial charge in [0.1, 0.15) is 0 Å². The van der Waals surface area contributed by atoms with Gasteiger partial charge in [0, 0.05) is 38.0 Å². The average Bonchev–Trinajstić information content (AvgIpc) is 3.55. The standard InChI is InChI=1S/C26H31N3O4S/c1-19(2)21-7-9-22(10-8-21)24-18-28-26(33-24)14-13-25(30)27-17-20-5-11-23(12-6-20)34(31,32)29-15-3-4-16-29/h5-12,18-19H,3-4,13-17H2,1-2H3,(H,27,30). The Bertz CT molecular complexity index is 1210. The Morgan fingerprint density at radius 1 is 1.06 bits per heavy atom. The van der Waals surface area contributed by atoms with Gasteiger partial charge in [0.15, 0.2) is 11.7 Å². The Labute approximate surface area is 201 Å². The van der Waals surface area contributed by atoms with Gasteiger partial charge < -0.3 is 9.73 Å². The van der Waals surface area contributed by atoms with Gasteiger partial charge in [-0.25, -0.2) is 13.4 Å². The first-order valence-corrected chi connectivity index (χ1v) is 13.2. The smallest absolute Gasteiger partial charge is 0.243 e. The Morgan fingerprint density at radius 3 is 2.38 bits per heavy atom. The predicted molar refractivity (Wildman–Crippen MR) is 131 cm³/mol. The van der Waals surface area contributed by atoms with E-state index < -0.39 is 10.0 Å². The summed E-state index contributed by atoms with van der Waals surface area (Å²) in [6.07, 6.45) is 4.17. The zero-order valence-electron chi connectivity index (χ0n) is 19.7. The van der Waals surface area contributed by atoms with Crippen LogP contribution in [0.2, 0.25) is 0 Å². The Morgan fingerprint density at radius 2 is 1.74 bits per heavy atom. The molecule has 0 unspecified atom stereocenters. The predicted octanol–water partition coefficient (Wildman–Crippen LogP) is 4.50. The lowest BCUT2D eigenvalue weighted by molar-refractivity contribution is -0.121. The lowest BCUT2D eigenvalue weighted by atomic mass is 10.0. The highest BCUT2D eigenvalue weighted by molar-refractivity contribution is 7.89. The fraction of sp³-hybridized carbons (Fsp3) is 0.385. The van der Waals surface area contributed by atoms with Crippen molar-refractivity contribution in [3.05, 3.63) is 71.7 Å². The summed E-state index contributed by atoms with van der Waals surface area (Å²) in [6.45, 7) is 5.80. The van der Waals surface area contributed by atoms with Crippen molar-refractivity contribution in [2.45, 2.75) is 56.9 Å². The third-order valence-corrected chi connectivity index (χ3v) is 8.01. The number of rotatable bonds is 9. The first-order chi connectivity index (χ1) is 16.3. The largest absolute Gasteiger partial charge is 0.441 e. The van der Waals surface area contributed by atoms with Crippen molar-refractivity contribution < 1.29 is 17.6 Å². The summed E-state index contributed by atoms with van der Waals surface area (Å²) >= 11 is 0. The molecule has 0 atom stereocenters. The van der Waals surface area contributed by atoms with Gasteiger partial charge in [-0.1, -0.05) is 50.2 Å². The van der Waals surface area contributed by atoms with E-state index in [9.17, 15) is 13.2 Å². The van der Waals surface area contributed by atoms with Crippen LogP contribution in [0.15, 0.2) is 64.0 Å². The van der Waals surface area contributed by atoms with Gasteiger partial charge in [-0.2, -0.15) is 4.31 Å². The lowest BCUT2D eigenvalue weighted by Gasteiger charge is -2.15. The number of aryl methyl sites for hydroxylation is 1. The van der Waals surface area contributed by atoms with Gasteiger partial charge in [0.2, 0.25) is 15.9 Å². The molecule has 34 heavy (non-hydrogen) atoms. The summed E-state index contributed by atoms with van der Waals surface area (Å²) < 4.78 is 32.6. The zero-order chi connectivity index (χ0) is 24.1. The van der Waals surface area contributed by atoms with E-state index in [2.05, 4.69) is 36.3 Å². The molecule has 4 rings (SSSR count). The molecule has 2 heterocycles. The molecule has 1 aliphatic rings. The number of carbonyl (C=O) groups excluding carboxylic acids is 1. The van der Waals surface area contributed by atoms with Crippen LogP contribution in [-0.4, -0.2) is 36.7 Å². The minimum absolute atomic E-state index is 0.116. The molecule has 1 N–H and O–H groups in total. The average molecular weight is 482 g/mol. The molecular weight excluding hydrogens is 450 g/mol. The molecule has 7 nitrogen and oxygen atoms in total. The van der Waals surface area contributed by atoms with E-state index in [1.165, 1.54) is 9.87 Å². The van der Waals surface area contributed by atoms with Crippen LogP contribution < -0.4 is 5.32 Å². The number of sulfonamides is 1. The fourth-order valence-electron chi connectivity index (χ4n) is 3.96. The Kier molecular flexibility index (Phi) is 7.48. The number of nitrogens with zero attached hydrogens (tertiary/aromatic N) is 2.